The van der Waals surface area contributed by atoms with Gasteiger partial charge in [-0.2, -0.15) is 0 Å². The molecule has 12 nitrogen and oxygen atoms in total. The van der Waals surface area contributed by atoms with Crippen molar-refractivity contribution in [2.24, 2.45) is 22.9 Å². The number of ketones is 2. The molecular formula is C24H35Cl3N4O8. The van der Waals surface area contributed by atoms with Crippen molar-refractivity contribution in [1.82, 2.24) is 0 Å². The molecule has 0 bridgehead atoms. The number of ether oxygens (including phenoxy) is 5. The van der Waals surface area contributed by atoms with Crippen LogP contribution < -0.4 is 0 Å². The van der Waals surface area contributed by atoms with Gasteiger partial charge >= 0.3 is 5.97 Å². The van der Waals surface area contributed by atoms with E-state index in [-0.39, 0.29) is 36.6 Å². The Labute approximate surface area is 242 Å². The van der Waals surface area contributed by atoms with Crippen molar-refractivity contribution < 1.29 is 38.1 Å². The van der Waals surface area contributed by atoms with Gasteiger partial charge in [-0.3, -0.25) is 15.0 Å². The van der Waals surface area contributed by atoms with Crippen LogP contribution in [-0.4, -0.2) is 70.3 Å². The highest BCUT2D eigenvalue weighted by Gasteiger charge is 2.53. The van der Waals surface area contributed by atoms with Crippen LogP contribution in [0.25, 0.3) is 10.4 Å². The van der Waals surface area contributed by atoms with Gasteiger partial charge in [-0.05, 0) is 37.6 Å². The first-order valence-corrected chi connectivity index (χ1v) is 13.8. The molecule has 2 fully saturated rings. The summed E-state index contributed by atoms with van der Waals surface area (Å²) < 4.78 is 27.1. The standard InChI is InChI=1S/C24H35Cl3N4O8/c1-7-15-11(3)12(4)17(30-31-29)21(35-15)37-18-13(5)19(36-16(34)9-8-10(2)32)22(38-20(18)14(6)33)39-23(28)24(25,26)27/h11-13,15,17-22,28H,7-9H2,1-6H3/t11-,12+,13+,15?,17?,18-,19?,20?,21+,22+/m1/s1. The number of Topliss-reactive ketones (excluding diaryl/α,β-unsaturated/α-hetero) is 2. The molecule has 2 heterocycles. The number of carbonyl (C=O) groups excluding carboxylic acids is 3. The van der Waals surface area contributed by atoms with Crippen LogP contribution in [0.2, 0.25) is 0 Å². The molecule has 220 valence electrons. The number of alkyl halides is 3. The summed E-state index contributed by atoms with van der Waals surface area (Å²) in [7, 11) is 0. The molecule has 10 atom stereocenters. The normalized spacial score (nSPS) is 34.9. The van der Waals surface area contributed by atoms with E-state index < -0.39 is 64.3 Å². The molecule has 0 radical (unpaired) electrons. The van der Waals surface area contributed by atoms with Crippen molar-refractivity contribution in [2.45, 2.75) is 108 Å². The first kappa shape index (κ1) is 33.5. The fourth-order valence-corrected chi connectivity index (χ4v) is 4.82. The van der Waals surface area contributed by atoms with Crippen LogP contribution in [0.5, 0.6) is 0 Å². The van der Waals surface area contributed by atoms with Crippen molar-refractivity contribution in [1.29, 1.82) is 5.41 Å². The van der Waals surface area contributed by atoms with E-state index in [2.05, 4.69) is 10.0 Å². The topological polar surface area (TPSA) is 170 Å². The van der Waals surface area contributed by atoms with Gasteiger partial charge in [0.2, 0.25) is 12.2 Å². The molecule has 0 saturated carbocycles. The van der Waals surface area contributed by atoms with Crippen LogP contribution in [0, 0.1) is 23.2 Å². The van der Waals surface area contributed by atoms with E-state index in [1.165, 1.54) is 13.8 Å². The van der Waals surface area contributed by atoms with Gasteiger partial charge in [0.05, 0.1) is 18.6 Å². The van der Waals surface area contributed by atoms with Crippen molar-refractivity contribution in [2.75, 3.05) is 0 Å². The van der Waals surface area contributed by atoms with E-state index in [4.69, 9.17) is 63.9 Å². The summed E-state index contributed by atoms with van der Waals surface area (Å²) in [5.41, 5.74) is 9.19. The molecule has 15 heteroatoms. The lowest BCUT2D eigenvalue weighted by Gasteiger charge is -2.48. The predicted octanol–water partition coefficient (Wildman–Crippen LogP) is 5.05. The predicted molar refractivity (Wildman–Crippen MR) is 142 cm³/mol. The Bertz CT molecular complexity index is 974. The van der Waals surface area contributed by atoms with Gasteiger partial charge in [-0.1, -0.05) is 67.6 Å². The van der Waals surface area contributed by atoms with E-state index in [0.717, 1.165) is 0 Å². The van der Waals surface area contributed by atoms with Crippen LogP contribution in [0.4, 0.5) is 0 Å². The van der Waals surface area contributed by atoms with Crippen LogP contribution >= 0.6 is 34.8 Å². The Kier molecular flexibility index (Phi) is 12.3. The van der Waals surface area contributed by atoms with Gasteiger partial charge in [-0.25, -0.2) is 0 Å². The number of rotatable bonds is 10. The lowest BCUT2D eigenvalue weighted by atomic mass is 9.81. The second-order valence-electron chi connectivity index (χ2n) is 9.96. The second-order valence-corrected chi connectivity index (χ2v) is 12.2. The van der Waals surface area contributed by atoms with E-state index in [0.29, 0.717) is 6.42 Å². The van der Waals surface area contributed by atoms with Gasteiger partial charge in [0, 0.05) is 17.3 Å². The van der Waals surface area contributed by atoms with Gasteiger partial charge < -0.3 is 28.5 Å². The number of nitrogens with zero attached hydrogens (tertiary/aromatic N) is 3. The molecule has 1 N–H and O–H groups in total. The minimum Gasteiger partial charge on any atom is -0.455 e. The molecule has 4 unspecified atom stereocenters. The Morgan fingerprint density at radius 2 is 1.62 bits per heavy atom. The maximum Gasteiger partial charge on any atom is 0.306 e. The number of halogens is 3. The first-order chi connectivity index (χ1) is 18.1. The van der Waals surface area contributed by atoms with Gasteiger partial charge in [-0.15, -0.1) is 0 Å². The Morgan fingerprint density at radius 3 is 2.13 bits per heavy atom. The quantitative estimate of drug-likeness (QED) is 0.0678. The number of hydrogen-bond donors (Lipinski definition) is 1. The minimum atomic E-state index is -2.25. The number of hydrogen-bond acceptors (Lipinski definition) is 10. The summed E-state index contributed by atoms with van der Waals surface area (Å²) in [6.45, 7) is 10.1. The first-order valence-electron chi connectivity index (χ1n) is 12.6. The number of nitrogens with one attached hydrogen (secondary N) is 1. The molecule has 2 aliphatic rings. The number of esters is 1. The molecule has 2 rings (SSSR count). The van der Waals surface area contributed by atoms with Crippen LogP contribution in [0.1, 0.15) is 60.8 Å². The highest BCUT2D eigenvalue weighted by atomic mass is 35.6. The van der Waals surface area contributed by atoms with Gasteiger partial charge in [0.1, 0.15) is 18.0 Å². The summed E-state index contributed by atoms with van der Waals surface area (Å²) in [5.74, 6) is -3.05. The fourth-order valence-electron chi connectivity index (χ4n) is 4.69. The maximum absolute atomic E-state index is 12.7. The number of azide groups is 1. The summed E-state index contributed by atoms with van der Waals surface area (Å²) >= 11 is 17.3. The van der Waals surface area contributed by atoms with Crippen LogP contribution in [0.15, 0.2) is 5.11 Å². The Hall–Kier alpha value is -1.66. The van der Waals surface area contributed by atoms with Gasteiger partial charge in [0.25, 0.3) is 3.79 Å². The lowest BCUT2D eigenvalue weighted by molar-refractivity contribution is -0.311. The average molecular weight is 614 g/mol. The van der Waals surface area contributed by atoms with Crippen molar-refractivity contribution in [3.05, 3.63) is 10.4 Å². The molecule has 39 heavy (non-hydrogen) atoms. The maximum atomic E-state index is 12.7. The van der Waals surface area contributed by atoms with E-state index in [1.54, 1.807) is 6.92 Å². The third-order valence-electron chi connectivity index (χ3n) is 7.15. The molecule has 0 amide bonds. The summed E-state index contributed by atoms with van der Waals surface area (Å²) in [6.07, 6.45) is -5.88. The molecule has 0 spiro atoms. The zero-order chi connectivity index (χ0) is 29.7. The van der Waals surface area contributed by atoms with Gasteiger partial charge in [0.15, 0.2) is 18.2 Å². The number of carbonyl (C=O) groups is 3. The molecule has 0 aromatic heterocycles. The monoisotopic (exact) mass is 612 g/mol. The molecule has 0 aromatic rings. The summed E-state index contributed by atoms with van der Waals surface area (Å²) in [4.78, 5) is 39.6. The largest absolute Gasteiger partial charge is 0.455 e. The smallest absolute Gasteiger partial charge is 0.306 e. The second kappa shape index (κ2) is 14.3. The molecule has 2 saturated heterocycles. The lowest BCUT2D eigenvalue weighted by Crippen LogP contribution is -2.61. The van der Waals surface area contributed by atoms with E-state index in [9.17, 15) is 19.9 Å². The third-order valence-corrected chi connectivity index (χ3v) is 7.66. The molecule has 0 aliphatic carbocycles. The van der Waals surface area contributed by atoms with Crippen molar-refractivity contribution in [3.8, 4) is 0 Å². The minimum absolute atomic E-state index is 0.0511. The summed E-state index contributed by atoms with van der Waals surface area (Å²) in [6, 6.07) is -0.712. The SMILES string of the molecule is CCC1O[C@@H](O[C@H]2C(C(C)=O)O[C@@H](OC(=N)C(Cl)(Cl)Cl)C(OC(=O)CCC(C)=O)[C@H]2C)C(N=[N+]=[N-])[C@@H](C)[C@H]1C. The summed E-state index contributed by atoms with van der Waals surface area (Å²) in [5, 5.41) is 11.9. The average Bonchev–Trinajstić information content (AvgIpc) is 2.84. The zero-order valence-electron chi connectivity index (χ0n) is 22.6. The van der Waals surface area contributed by atoms with Crippen LogP contribution in [-0.2, 0) is 38.1 Å². The fraction of sp³-hybridized carbons (Fsp3) is 0.833. The van der Waals surface area contributed by atoms with Crippen molar-refractivity contribution in [3.63, 3.8) is 0 Å². The van der Waals surface area contributed by atoms with E-state index in [1.807, 2.05) is 20.8 Å². The highest BCUT2D eigenvalue weighted by molar-refractivity contribution is 6.76. The molecular weight excluding hydrogens is 579 g/mol. The van der Waals surface area contributed by atoms with Crippen LogP contribution in [0.3, 0.4) is 0 Å². The third kappa shape index (κ3) is 8.66. The zero-order valence-corrected chi connectivity index (χ0v) is 24.9. The Balaban J connectivity index is 2.43. The Morgan fingerprint density at radius 1 is 0.974 bits per heavy atom. The van der Waals surface area contributed by atoms with Crippen molar-refractivity contribution >= 4 is 58.2 Å². The van der Waals surface area contributed by atoms with E-state index >= 15 is 0 Å². The highest BCUT2D eigenvalue weighted by Crippen LogP contribution is 2.39. The molecule has 0 aromatic carbocycles. The molecule has 2 aliphatic heterocycles.